The molecule has 6 heteroatoms. The highest BCUT2D eigenvalue weighted by Crippen LogP contribution is 2.25. The molecular weight excluding hydrogens is 316 g/mol. The van der Waals surface area contributed by atoms with Crippen molar-refractivity contribution in [1.82, 2.24) is 5.32 Å². The summed E-state index contributed by atoms with van der Waals surface area (Å²) in [5.41, 5.74) is 6.50. The molecule has 23 heavy (non-hydrogen) atoms. The summed E-state index contributed by atoms with van der Waals surface area (Å²) in [5, 5.41) is 2.87. The lowest BCUT2D eigenvalue weighted by Crippen LogP contribution is -2.57. The molecule has 1 aliphatic heterocycles. The highest BCUT2D eigenvalue weighted by Gasteiger charge is 2.35. The molecular formula is C17H27ClN2O3. The van der Waals surface area contributed by atoms with Gasteiger partial charge in [0.2, 0.25) is 5.91 Å². The Kier molecular flexibility index (Phi) is 7.82. The minimum Gasteiger partial charge on any atom is -0.491 e. The quantitative estimate of drug-likeness (QED) is 0.777. The van der Waals surface area contributed by atoms with E-state index in [0.717, 1.165) is 5.75 Å². The average molecular weight is 343 g/mol. The van der Waals surface area contributed by atoms with Gasteiger partial charge < -0.3 is 20.5 Å². The molecule has 0 aromatic heterocycles. The van der Waals surface area contributed by atoms with E-state index in [1.165, 1.54) is 5.56 Å². The molecule has 0 aliphatic carbocycles. The summed E-state index contributed by atoms with van der Waals surface area (Å²) in [6.07, 6.45) is 1.13. The Morgan fingerprint density at radius 3 is 2.65 bits per heavy atom. The summed E-state index contributed by atoms with van der Waals surface area (Å²) in [6, 6.07) is 7.99. The van der Waals surface area contributed by atoms with Crippen LogP contribution in [0.3, 0.4) is 0 Å². The van der Waals surface area contributed by atoms with Gasteiger partial charge >= 0.3 is 0 Å². The van der Waals surface area contributed by atoms with Crippen LogP contribution in [0.1, 0.15) is 38.2 Å². The van der Waals surface area contributed by atoms with E-state index < -0.39 is 5.54 Å². The molecule has 0 unspecified atom stereocenters. The molecule has 1 amide bonds. The molecule has 2 rings (SSSR count). The Labute approximate surface area is 144 Å². The minimum absolute atomic E-state index is 0. The molecule has 0 spiro atoms. The van der Waals surface area contributed by atoms with Crippen molar-refractivity contribution in [3.63, 3.8) is 0 Å². The first-order chi connectivity index (χ1) is 10.5. The van der Waals surface area contributed by atoms with E-state index in [2.05, 4.69) is 25.2 Å². The van der Waals surface area contributed by atoms with Gasteiger partial charge in [0.05, 0.1) is 12.1 Å². The summed E-state index contributed by atoms with van der Waals surface area (Å²) in [4.78, 5) is 12.2. The highest BCUT2D eigenvalue weighted by molar-refractivity contribution is 5.86. The van der Waals surface area contributed by atoms with Crippen molar-refractivity contribution in [3.05, 3.63) is 29.8 Å². The SMILES string of the molecule is CC(C)c1ccccc1OCCNC(=O)C1(N)CCOCC1.Cl. The van der Waals surface area contributed by atoms with Crippen LogP contribution in [0.2, 0.25) is 0 Å². The largest absolute Gasteiger partial charge is 0.491 e. The molecule has 3 N–H and O–H groups in total. The normalized spacial score (nSPS) is 16.5. The first-order valence-electron chi connectivity index (χ1n) is 7.89. The van der Waals surface area contributed by atoms with Gasteiger partial charge in [-0.1, -0.05) is 32.0 Å². The number of nitrogens with one attached hydrogen (secondary N) is 1. The van der Waals surface area contributed by atoms with Crippen LogP contribution in [-0.4, -0.2) is 37.8 Å². The molecule has 130 valence electrons. The van der Waals surface area contributed by atoms with Crippen LogP contribution in [0.25, 0.3) is 0 Å². The van der Waals surface area contributed by atoms with Crippen LogP contribution >= 0.6 is 12.4 Å². The van der Waals surface area contributed by atoms with Crippen molar-refractivity contribution in [2.24, 2.45) is 5.73 Å². The zero-order valence-corrected chi connectivity index (χ0v) is 14.7. The molecule has 1 aromatic rings. The zero-order chi connectivity index (χ0) is 16.0. The zero-order valence-electron chi connectivity index (χ0n) is 13.8. The lowest BCUT2D eigenvalue weighted by atomic mass is 9.90. The molecule has 1 heterocycles. The van der Waals surface area contributed by atoms with E-state index in [1.54, 1.807) is 0 Å². The minimum atomic E-state index is -0.798. The van der Waals surface area contributed by atoms with Crippen LogP contribution in [0.5, 0.6) is 5.75 Å². The second-order valence-corrected chi connectivity index (χ2v) is 6.07. The van der Waals surface area contributed by atoms with Gasteiger partial charge in [-0.05, 0) is 30.4 Å². The van der Waals surface area contributed by atoms with E-state index in [0.29, 0.717) is 45.1 Å². The standard InChI is InChI=1S/C17H26N2O3.ClH/c1-13(2)14-5-3-4-6-15(14)22-12-9-19-16(20)17(18)7-10-21-11-8-17;/h3-6,13H,7-12,18H2,1-2H3,(H,19,20);1H. The van der Waals surface area contributed by atoms with Crippen LogP contribution in [0, 0.1) is 0 Å². The first-order valence-corrected chi connectivity index (χ1v) is 7.89. The van der Waals surface area contributed by atoms with Gasteiger partial charge in [-0.3, -0.25) is 4.79 Å². The fourth-order valence-corrected chi connectivity index (χ4v) is 2.55. The van der Waals surface area contributed by atoms with Crippen LogP contribution in [-0.2, 0) is 9.53 Å². The number of hydrogen-bond acceptors (Lipinski definition) is 4. The topological polar surface area (TPSA) is 73.6 Å². The van der Waals surface area contributed by atoms with E-state index in [9.17, 15) is 4.79 Å². The number of benzene rings is 1. The van der Waals surface area contributed by atoms with Crippen LogP contribution < -0.4 is 15.8 Å². The maximum atomic E-state index is 12.2. The summed E-state index contributed by atoms with van der Waals surface area (Å²) >= 11 is 0. The number of para-hydroxylation sites is 1. The first kappa shape index (κ1) is 19.7. The van der Waals surface area contributed by atoms with Crippen molar-refractivity contribution in [1.29, 1.82) is 0 Å². The third-order valence-electron chi connectivity index (χ3n) is 4.02. The average Bonchev–Trinajstić information content (AvgIpc) is 2.52. The predicted octanol–water partition coefficient (Wildman–Crippen LogP) is 2.23. The molecule has 1 aliphatic rings. The molecule has 0 saturated carbocycles. The number of nitrogens with two attached hydrogens (primary N) is 1. The fourth-order valence-electron chi connectivity index (χ4n) is 2.55. The Morgan fingerprint density at radius 2 is 2.00 bits per heavy atom. The predicted molar refractivity (Wildman–Crippen MR) is 93.3 cm³/mol. The maximum Gasteiger partial charge on any atom is 0.240 e. The van der Waals surface area contributed by atoms with Gasteiger partial charge in [0.25, 0.3) is 0 Å². The number of carbonyl (C=O) groups is 1. The number of rotatable bonds is 6. The van der Waals surface area contributed by atoms with E-state index >= 15 is 0 Å². The number of carbonyl (C=O) groups excluding carboxylic acids is 1. The molecule has 1 fully saturated rings. The lowest BCUT2D eigenvalue weighted by Gasteiger charge is -2.31. The molecule has 5 nitrogen and oxygen atoms in total. The summed E-state index contributed by atoms with van der Waals surface area (Å²) in [7, 11) is 0. The van der Waals surface area contributed by atoms with Crippen LogP contribution in [0.15, 0.2) is 24.3 Å². The lowest BCUT2D eigenvalue weighted by molar-refractivity contribution is -0.129. The van der Waals surface area contributed by atoms with Crippen molar-refractivity contribution < 1.29 is 14.3 Å². The van der Waals surface area contributed by atoms with Crippen LogP contribution in [0.4, 0.5) is 0 Å². The molecule has 0 radical (unpaired) electrons. The Balaban J connectivity index is 0.00000264. The Hall–Kier alpha value is -1.30. The van der Waals surface area contributed by atoms with Gasteiger partial charge in [-0.2, -0.15) is 0 Å². The van der Waals surface area contributed by atoms with Gasteiger partial charge in [-0.25, -0.2) is 0 Å². The van der Waals surface area contributed by atoms with Gasteiger partial charge in [-0.15, -0.1) is 12.4 Å². The molecule has 0 atom stereocenters. The second-order valence-electron chi connectivity index (χ2n) is 6.07. The smallest absolute Gasteiger partial charge is 0.240 e. The third kappa shape index (κ3) is 5.37. The van der Waals surface area contributed by atoms with E-state index in [1.807, 2.05) is 18.2 Å². The Bertz CT molecular complexity index is 502. The highest BCUT2D eigenvalue weighted by atomic mass is 35.5. The van der Waals surface area contributed by atoms with E-state index in [4.69, 9.17) is 15.2 Å². The van der Waals surface area contributed by atoms with Crippen molar-refractivity contribution in [2.45, 2.75) is 38.1 Å². The second kappa shape index (κ2) is 9.11. The Morgan fingerprint density at radius 1 is 1.35 bits per heavy atom. The summed E-state index contributed by atoms with van der Waals surface area (Å²) in [6.45, 7) is 6.23. The third-order valence-corrected chi connectivity index (χ3v) is 4.02. The molecule has 1 saturated heterocycles. The van der Waals surface area contributed by atoms with Crippen molar-refractivity contribution in [2.75, 3.05) is 26.4 Å². The number of ether oxygens (including phenoxy) is 2. The van der Waals surface area contributed by atoms with E-state index in [-0.39, 0.29) is 18.3 Å². The monoisotopic (exact) mass is 342 g/mol. The summed E-state index contributed by atoms with van der Waals surface area (Å²) < 4.78 is 11.0. The molecule has 1 aromatic carbocycles. The number of hydrogen-bond donors (Lipinski definition) is 2. The number of amides is 1. The van der Waals surface area contributed by atoms with Gasteiger partial charge in [0.15, 0.2) is 0 Å². The maximum absolute atomic E-state index is 12.2. The number of halogens is 1. The molecule has 0 bridgehead atoms. The fraction of sp³-hybridized carbons (Fsp3) is 0.588. The van der Waals surface area contributed by atoms with Crippen molar-refractivity contribution >= 4 is 18.3 Å². The van der Waals surface area contributed by atoms with Gasteiger partial charge in [0, 0.05) is 13.2 Å². The van der Waals surface area contributed by atoms with Gasteiger partial charge in [0.1, 0.15) is 12.4 Å². The van der Waals surface area contributed by atoms with Crippen molar-refractivity contribution in [3.8, 4) is 5.75 Å². The summed E-state index contributed by atoms with van der Waals surface area (Å²) in [5.74, 6) is 1.16.